The highest BCUT2D eigenvalue weighted by molar-refractivity contribution is 5.64. The van der Waals surface area contributed by atoms with Crippen LogP contribution >= 0.6 is 0 Å². The number of phenols is 1. The third kappa shape index (κ3) is 4.98. The highest BCUT2D eigenvalue weighted by Crippen LogP contribution is 2.38. The van der Waals surface area contributed by atoms with Gasteiger partial charge in [-0.2, -0.15) is 4.73 Å². The number of nitrogens with zero attached hydrogens (tertiary/aromatic N) is 4. The van der Waals surface area contributed by atoms with Crippen LogP contribution in [0, 0.1) is 30.3 Å². The zero-order chi connectivity index (χ0) is 19.1. The third-order valence-corrected chi connectivity index (χ3v) is 2.64. The maximum Gasteiger partial charge on any atom is 0.324 e. The van der Waals surface area contributed by atoms with Gasteiger partial charge in [0.15, 0.2) is 5.43 Å². The third-order valence-electron chi connectivity index (χ3n) is 2.64. The predicted molar refractivity (Wildman–Crippen MR) is 81.3 cm³/mol. The van der Waals surface area contributed by atoms with Gasteiger partial charge < -0.3 is 9.94 Å². The zero-order valence-electron chi connectivity index (χ0n) is 12.5. The number of aromatic nitrogens is 1. The molecule has 0 bridgehead atoms. The van der Waals surface area contributed by atoms with E-state index >= 15 is 0 Å². The summed E-state index contributed by atoms with van der Waals surface area (Å²) in [6.07, 6.45) is 3.12. The van der Waals surface area contributed by atoms with Gasteiger partial charge in [0.25, 0.3) is 11.4 Å². The second-order valence-corrected chi connectivity index (χ2v) is 4.18. The molecule has 132 valence electrons. The van der Waals surface area contributed by atoms with E-state index in [9.17, 15) is 35.1 Å². The van der Waals surface area contributed by atoms with E-state index in [0.717, 1.165) is 0 Å². The molecule has 0 saturated carbocycles. The lowest BCUT2D eigenvalue weighted by Crippen LogP contribution is -2.08. The zero-order valence-corrected chi connectivity index (χ0v) is 12.5. The van der Waals surface area contributed by atoms with E-state index < -0.39 is 37.6 Å². The fraction of sp³-hybridized carbons (Fsp3) is 0.0833. The van der Waals surface area contributed by atoms with Crippen LogP contribution in [0.15, 0.2) is 41.5 Å². The average Bonchev–Trinajstić information content (AvgIpc) is 2.55. The van der Waals surface area contributed by atoms with Crippen molar-refractivity contribution in [2.45, 2.75) is 0 Å². The molecule has 1 aromatic heterocycles. The molecule has 25 heavy (non-hydrogen) atoms. The van der Waals surface area contributed by atoms with E-state index in [1.165, 1.54) is 24.0 Å². The van der Waals surface area contributed by atoms with E-state index in [-0.39, 0.29) is 5.43 Å². The van der Waals surface area contributed by atoms with Gasteiger partial charge in [0, 0.05) is 24.5 Å². The molecule has 2 aromatic rings. The van der Waals surface area contributed by atoms with E-state index in [0.29, 0.717) is 12.1 Å². The lowest BCUT2D eigenvalue weighted by Gasteiger charge is -1.99. The van der Waals surface area contributed by atoms with Crippen LogP contribution < -0.4 is 10.3 Å². The number of aromatic hydroxyl groups is 1. The highest BCUT2D eigenvalue weighted by Gasteiger charge is 2.30. The van der Waals surface area contributed by atoms with Gasteiger partial charge in [-0.05, 0) is 0 Å². The van der Waals surface area contributed by atoms with Crippen molar-refractivity contribution in [3.8, 4) is 5.75 Å². The molecule has 2 rings (SSSR count). The summed E-state index contributed by atoms with van der Waals surface area (Å²) in [5.74, 6) is -1.21. The van der Waals surface area contributed by atoms with Gasteiger partial charge in [0.2, 0.25) is 0 Å². The number of benzene rings is 1. The summed E-state index contributed by atoms with van der Waals surface area (Å²) >= 11 is 0. The lowest BCUT2D eigenvalue weighted by molar-refractivity contribution is -0.404. The summed E-state index contributed by atoms with van der Waals surface area (Å²) in [5.41, 5.74) is -3.01. The maximum absolute atomic E-state index is 10.5. The van der Waals surface area contributed by atoms with Gasteiger partial charge in [-0.25, -0.2) is 0 Å². The van der Waals surface area contributed by atoms with Crippen molar-refractivity contribution in [3.05, 3.63) is 77.2 Å². The molecule has 1 N–H and O–H groups in total. The smallest absolute Gasteiger partial charge is 0.324 e. The molecule has 0 fully saturated rings. The second kappa shape index (κ2) is 8.00. The Kier molecular flexibility index (Phi) is 6.09. The Hall–Kier alpha value is -4.03. The predicted octanol–water partition coefficient (Wildman–Crippen LogP) is 1.02. The van der Waals surface area contributed by atoms with Crippen LogP contribution in [-0.2, 0) is 0 Å². The number of non-ortho nitro benzene ring substituents is 1. The first-order valence-electron chi connectivity index (χ1n) is 6.20. The Balaban J connectivity index is 0.000000293. The summed E-state index contributed by atoms with van der Waals surface area (Å²) in [6.45, 7) is 0. The minimum Gasteiger partial charge on any atom is -0.497 e. The molecule has 0 unspecified atom stereocenters. The van der Waals surface area contributed by atoms with Crippen LogP contribution in [0.1, 0.15) is 0 Å². The second-order valence-electron chi connectivity index (χ2n) is 4.18. The van der Waals surface area contributed by atoms with E-state index in [4.69, 9.17) is 9.94 Å². The molecule has 0 spiro atoms. The molecule has 0 atom stereocenters. The molecule has 0 aliphatic heterocycles. The number of pyridine rings is 1. The van der Waals surface area contributed by atoms with E-state index in [2.05, 4.69) is 0 Å². The molecule has 0 saturated heterocycles. The van der Waals surface area contributed by atoms with Gasteiger partial charge in [0.1, 0.15) is 7.11 Å². The van der Waals surface area contributed by atoms with Gasteiger partial charge in [0.05, 0.1) is 26.9 Å². The molecule has 13 nitrogen and oxygen atoms in total. The Labute approximate surface area is 137 Å². The number of hydrogen-bond donors (Lipinski definition) is 1. The van der Waals surface area contributed by atoms with E-state index in [1.54, 1.807) is 12.4 Å². The van der Waals surface area contributed by atoms with Gasteiger partial charge in [-0.3, -0.25) is 35.1 Å². The van der Waals surface area contributed by atoms with Crippen molar-refractivity contribution in [2.24, 2.45) is 0 Å². The molecular weight excluding hydrogens is 344 g/mol. The quantitative estimate of drug-likeness (QED) is 0.619. The largest absolute Gasteiger partial charge is 0.497 e. The summed E-state index contributed by atoms with van der Waals surface area (Å²) < 4.78 is 1.45. The van der Waals surface area contributed by atoms with Gasteiger partial charge >= 0.3 is 11.4 Å². The Bertz CT molecular complexity index is 822. The van der Waals surface area contributed by atoms with Crippen LogP contribution in [0.3, 0.4) is 0 Å². The standard InChI is InChI=1S/C6H3N3O7.C6H7NO2/c10-6-4(8(13)14)1-3(7(11)12)2-5(6)9(15)16;1-9-7-4-2-6(8)3-5-7/h1-2,10H;2-5H,1H3. The lowest BCUT2D eigenvalue weighted by atomic mass is 10.2. The SMILES string of the molecule is COn1ccc(=O)cc1.O=[N+]([O-])c1cc([N+](=O)[O-])c(O)c([N+](=O)[O-])c1. The number of phenolic OH excluding ortho intramolecular Hbond substituents is 1. The monoisotopic (exact) mass is 354 g/mol. The summed E-state index contributed by atoms with van der Waals surface area (Å²) in [6, 6.07) is 3.76. The van der Waals surface area contributed by atoms with Gasteiger partial charge in [-0.1, -0.05) is 0 Å². The van der Waals surface area contributed by atoms with Crippen molar-refractivity contribution in [3.63, 3.8) is 0 Å². The first-order chi connectivity index (χ1) is 11.7. The molecule has 13 heteroatoms. The van der Waals surface area contributed by atoms with Crippen molar-refractivity contribution in [1.82, 2.24) is 4.73 Å². The van der Waals surface area contributed by atoms with Crippen molar-refractivity contribution >= 4 is 17.1 Å². The van der Waals surface area contributed by atoms with Crippen LogP contribution in [0.25, 0.3) is 0 Å². The Morgan fingerprint density at radius 3 is 1.72 bits per heavy atom. The Morgan fingerprint density at radius 2 is 1.40 bits per heavy atom. The molecule has 1 heterocycles. The molecule has 0 radical (unpaired) electrons. The van der Waals surface area contributed by atoms with Crippen molar-refractivity contribution in [1.29, 1.82) is 0 Å². The minimum atomic E-state index is -1.21. The van der Waals surface area contributed by atoms with Crippen molar-refractivity contribution < 1.29 is 24.7 Å². The van der Waals surface area contributed by atoms with Crippen LogP contribution in [0.5, 0.6) is 5.75 Å². The number of rotatable bonds is 4. The molecular formula is C12H10N4O9. The van der Waals surface area contributed by atoms with Crippen LogP contribution in [0.2, 0.25) is 0 Å². The molecule has 1 aromatic carbocycles. The molecule has 0 amide bonds. The maximum atomic E-state index is 10.5. The van der Waals surface area contributed by atoms with E-state index in [1.807, 2.05) is 0 Å². The first kappa shape index (κ1) is 19.0. The normalized spacial score (nSPS) is 9.48. The fourth-order valence-electron chi connectivity index (χ4n) is 1.49. The molecule has 0 aliphatic carbocycles. The summed E-state index contributed by atoms with van der Waals surface area (Å²) in [4.78, 5) is 43.0. The first-order valence-corrected chi connectivity index (χ1v) is 6.20. The summed E-state index contributed by atoms with van der Waals surface area (Å²) in [5, 5.41) is 40.2. The number of hydrogen-bond acceptors (Lipinski definition) is 9. The molecule has 0 aliphatic rings. The number of nitro benzene ring substituents is 3. The minimum absolute atomic E-state index is 0.0108. The van der Waals surface area contributed by atoms with Gasteiger partial charge in [-0.15, -0.1) is 0 Å². The van der Waals surface area contributed by atoms with Crippen LogP contribution in [0.4, 0.5) is 17.1 Å². The average molecular weight is 354 g/mol. The highest BCUT2D eigenvalue weighted by atomic mass is 16.6. The summed E-state index contributed by atoms with van der Waals surface area (Å²) in [7, 11) is 1.53. The fourth-order valence-corrected chi connectivity index (χ4v) is 1.49. The number of nitro groups is 3. The Morgan fingerprint density at radius 1 is 0.960 bits per heavy atom. The van der Waals surface area contributed by atoms with Crippen LogP contribution in [-0.4, -0.2) is 31.7 Å². The van der Waals surface area contributed by atoms with Crippen molar-refractivity contribution in [2.75, 3.05) is 7.11 Å². The topological polar surface area (TPSA) is 181 Å².